The predicted octanol–water partition coefficient (Wildman–Crippen LogP) is 6.59. The van der Waals surface area contributed by atoms with Crippen LogP contribution in [0.4, 0.5) is 33.6 Å². The second-order valence-electron chi connectivity index (χ2n) is 14.6. The van der Waals surface area contributed by atoms with Crippen LogP contribution < -0.4 is 20.1 Å². The number of alkyl halides is 4. The highest BCUT2D eigenvalue weighted by atomic mass is 19.4. The number of anilines is 2. The van der Waals surface area contributed by atoms with Gasteiger partial charge in [0.25, 0.3) is 6.47 Å². The third kappa shape index (κ3) is 6.29. The number of H-pyrrole nitrogens is 1. The van der Waals surface area contributed by atoms with Crippen molar-refractivity contribution in [1.29, 1.82) is 0 Å². The number of carbonyl (C=O) groups is 1. The smallest absolute Gasteiger partial charge is 0.416 e. The van der Waals surface area contributed by atoms with Gasteiger partial charge in [0.15, 0.2) is 5.82 Å². The van der Waals surface area contributed by atoms with Gasteiger partial charge < -0.3 is 25.2 Å². The van der Waals surface area contributed by atoms with Crippen molar-refractivity contribution in [3.05, 3.63) is 53.1 Å². The number of nitrogens with zero attached hydrogens (tertiary/aromatic N) is 7. The second-order valence-corrected chi connectivity index (χ2v) is 14.6. The van der Waals surface area contributed by atoms with Crippen molar-refractivity contribution in [2.75, 3.05) is 36.9 Å². The first-order valence-corrected chi connectivity index (χ1v) is 18.0. The molecule has 18 heteroatoms. The molecule has 0 bridgehead atoms. The number of fused-ring (bicyclic) bond motifs is 2. The van der Waals surface area contributed by atoms with Crippen molar-refractivity contribution in [3.63, 3.8) is 0 Å². The maximum absolute atomic E-state index is 17.5. The monoisotopic (exact) mass is 767 g/mol. The molecule has 9 rings (SSSR count). The van der Waals surface area contributed by atoms with Crippen molar-refractivity contribution in [2.45, 2.75) is 81.8 Å². The van der Waals surface area contributed by atoms with Crippen molar-refractivity contribution >= 4 is 39.9 Å². The summed E-state index contributed by atoms with van der Waals surface area (Å²) in [5, 5.41) is 14.0. The lowest BCUT2D eigenvalue weighted by molar-refractivity contribution is -0.138. The van der Waals surface area contributed by atoms with Gasteiger partial charge in [-0.1, -0.05) is 6.07 Å². The minimum Gasteiger partial charge on any atom is -0.483 e. The lowest BCUT2D eigenvalue weighted by Crippen LogP contribution is -2.43. The normalized spacial score (nSPS) is 22.9. The minimum atomic E-state index is -4.72. The molecule has 4 atom stereocenters. The molecule has 290 valence electrons. The Kier molecular flexibility index (Phi) is 9.13. The van der Waals surface area contributed by atoms with E-state index in [2.05, 4.69) is 30.0 Å². The second kappa shape index (κ2) is 13.7. The highest BCUT2D eigenvalue weighted by Crippen LogP contribution is 2.53. The molecule has 3 aliphatic heterocycles. The predicted molar refractivity (Wildman–Crippen MR) is 191 cm³/mol. The molecule has 0 unspecified atom stereocenters. The van der Waals surface area contributed by atoms with E-state index in [0.29, 0.717) is 42.6 Å². The molecule has 4 aromatic heterocycles. The highest BCUT2D eigenvalue weighted by molar-refractivity contribution is 6.02. The van der Waals surface area contributed by atoms with Crippen LogP contribution in [-0.2, 0) is 11.0 Å². The number of nitrogen functional groups attached to an aromatic ring is 1. The molecule has 2 saturated heterocycles. The summed E-state index contributed by atoms with van der Waals surface area (Å²) >= 11 is 0. The Bertz CT molecular complexity index is 2290. The van der Waals surface area contributed by atoms with Gasteiger partial charge in [-0.15, -0.1) is 0 Å². The summed E-state index contributed by atoms with van der Waals surface area (Å²) in [5.74, 6) is -0.862. The highest BCUT2D eigenvalue weighted by Gasteiger charge is 2.50. The number of aromatic nitrogens is 6. The molecular formula is C37H38F5N9O4. The van der Waals surface area contributed by atoms with Gasteiger partial charge in [-0.3, -0.25) is 14.8 Å². The number of halogens is 5. The fraction of sp³-hybridized carbons (Fsp3) is 0.459. The number of carboxylic acid groups (broad SMARTS) is 1. The van der Waals surface area contributed by atoms with Crippen LogP contribution in [0.2, 0.25) is 0 Å². The molecule has 0 radical (unpaired) electrons. The Labute approximate surface area is 311 Å². The largest absolute Gasteiger partial charge is 0.483 e. The molecule has 3 fully saturated rings. The third-order valence-corrected chi connectivity index (χ3v) is 11.2. The number of rotatable bonds is 7. The van der Waals surface area contributed by atoms with Gasteiger partial charge in [-0.25, -0.2) is 18.7 Å². The number of benzene rings is 1. The van der Waals surface area contributed by atoms with Crippen LogP contribution in [-0.4, -0.2) is 90.7 Å². The number of ether oxygens (including phenoxy) is 2. The third-order valence-electron chi connectivity index (χ3n) is 11.2. The van der Waals surface area contributed by atoms with Gasteiger partial charge in [0.1, 0.15) is 47.6 Å². The van der Waals surface area contributed by atoms with Crippen LogP contribution in [0.5, 0.6) is 11.9 Å². The van der Waals surface area contributed by atoms with Crippen LogP contribution in [0.15, 0.2) is 30.6 Å². The van der Waals surface area contributed by atoms with Crippen LogP contribution in [0.1, 0.15) is 74.6 Å². The molecule has 0 spiro atoms. The van der Waals surface area contributed by atoms with Crippen molar-refractivity contribution in [3.8, 4) is 23.1 Å². The Morgan fingerprint density at radius 3 is 2.76 bits per heavy atom. The molecule has 0 amide bonds. The summed E-state index contributed by atoms with van der Waals surface area (Å²) in [6.07, 6.45) is 0.216. The van der Waals surface area contributed by atoms with Gasteiger partial charge in [0.2, 0.25) is 5.88 Å². The van der Waals surface area contributed by atoms with Gasteiger partial charge in [0, 0.05) is 35.7 Å². The Hall–Kier alpha value is -5.39. The summed E-state index contributed by atoms with van der Waals surface area (Å²) in [7, 11) is 0. The standard InChI is InChI=1S/C36H36F5N9O2.CH2O2/c1-17-15-51-33-27-30(28(38)29(45-33)26-22-13-44-48-24(22)11-23(36(39,40)41)25(26)19-6-7-19)46-34(52-16-35-8-4-10-49(35)14-20(37)12-35)47-32(27)50(17)18(2)21-5-3-9-43-31(21)42;2-1-3/h3,5,9,11,13,17-20H,4,6-8,10,12,14-16H2,1-2H3,(H2,42,43)(H,44,48);1H,(H,2,3)/t17-,18+,20+,35-;/m0./s1. The van der Waals surface area contributed by atoms with E-state index in [1.807, 2.05) is 24.8 Å². The molecule has 1 aromatic carbocycles. The van der Waals surface area contributed by atoms with E-state index in [1.165, 1.54) is 6.20 Å². The van der Waals surface area contributed by atoms with Crippen molar-refractivity contribution < 1.29 is 41.3 Å². The van der Waals surface area contributed by atoms with Gasteiger partial charge in [-0.2, -0.15) is 28.2 Å². The number of nitrogens with one attached hydrogen (secondary N) is 1. The van der Waals surface area contributed by atoms with E-state index in [-0.39, 0.29) is 76.7 Å². The number of aromatic amines is 1. The quantitative estimate of drug-likeness (QED) is 0.120. The van der Waals surface area contributed by atoms with E-state index in [1.54, 1.807) is 12.3 Å². The van der Waals surface area contributed by atoms with E-state index in [0.717, 1.165) is 25.5 Å². The molecular weight excluding hydrogens is 729 g/mol. The molecule has 7 heterocycles. The average Bonchev–Trinajstić information content (AvgIpc) is 3.66. The summed E-state index contributed by atoms with van der Waals surface area (Å²) in [5.41, 5.74) is 5.10. The molecule has 1 saturated carbocycles. The number of hydrogen-bond acceptors (Lipinski definition) is 11. The molecule has 5 aromatic rings. The lowest BCUT2D eigenvalue weighted by atomic mass is 9.91. The summed E-state index contributed by atoms with van der Waals surface area (Å²) in [6, 6.07) is 3.64. The van der Waals surface area contributed by atoms with Gasteiger partial charge in [-0.05, 0) is 69.7 Å². The van der Waals surface area contributed by atoms with Crippen LogP contribution in [0.25, 0.3) is 33.1 Å². The average molecular weight is 768 g/mol. The molecule has 13 nitrogen and oxygen atoms in total. The fourth-order valence-corrected chi connectivity index (χ4v) is 8.65. The Morgan fingerprint density at radius 2 is 2.04 bits per heavy atom. The fourth-order valence-electron chi connectivity index (χ4n) is 8.65. The number of hydrogen-bond donors (Lipinski definition) is 3. The maximum atomic E-state index is 17.5. The summed E-state index contributed by atoms with van der Waals surface area (Å²) in [4.78, 5) is 30.7. The van der Waals surface area contributed by atoms with E-state index >= 15 is 4.39 Å². The van der Waals surface area contributed by atoms with Crippen molar-refractivity contribution in [2.24, 2.45) is 0 Å². The van der Waals surface area contributed by atoms with E-state index in [9.17, 15) is 17.6 Å². The SMILES string of the molecule is C[C@H](c1cccnc1N)N1c2nc(OC[C@@]34CCCN3C[C@H](F)C4)nc3c(F)c(-c4c(C5CC5)c(C(F)(F)F)cc5[nH]ncc45)nc(c23)OC[C@@H]1C.O=CO. The number of pyridine rings is 2. The van der Waals surface area contributed by atoms with E-state index < -0.39 is 41.2 Å². The first-order valence-electron chi connectivity index (χ1n) is 18.0. The number of nitrogens with two attached hydrogens (primary N) is 1. The lowest BCUT2D eigenvalue weighted by Gasteiger charge is -2.35. The molecule has 1 aliphatic carbocycles. The van der Waals surface area contributed by atoms with Gasteiger partial charge in [0.05, 0.1) is 34.9 Å². The van der Waals surface area contributed by atoms with E-state index in [4.69, 9.17) is 30.1 Å². The van der Waals surface area contributed by atoms with Crippen LogP contribution in [0, 0.1) is 5.82 Å². The van der Waals surface area contributed by atoms with Crippen LogP contribution >= 0.6 is 0 Å². The zero-order chi connectivity index (χ0) is 38.8. The molecule has 4 N–H and O–H groups in total. The van der Waals surface area contributed by atoms with Gasteiger partial charge >= 0.3 is 12.2 Å². The minimum absolute atomic E-state index is 0.00552. The Morgan fingerprint density at radius 1 is 1.25 bits per heavy atom. The first-order chi connectivity index (χ1) is 26.3. The zero-order valence-electron chi connectivity index (χ0n) is 29.9. The van der Waals surface area contributed by atoms with Crippen LogP contribution in [0.3, 0.4) is 0 Å². The molecule has 55 heavy (non-hydrogen) atoms. The summed E-state index contributed by atoms with van der Waals surface area (Å²) in [6.45, 7) is 4.78. The van der Waals surface area contributed by atoms with Crippen molar-refractivity contribution in [1.82, 2.24) is 35.0 Å². The maximum Gasteiger partial charge on any atom is 0.416 e. The topological polar surface area (TPSA) is 168 Å². The summed E-state index contributed by atoms with van der Waals surface area (Å²) < 4.78 is 88.6. The zero-order valence-corrected chi connectivity index (χ0v) is 29.9. The molecule has 4 aliphatic rings. The Balaban J connectivity index is 0.00000138. The first kappa shape index (κ1) is 36.6.